The highest BCUT2D eigenvalue weighted by Gasteiger charge is 2.37. The van der Waals surface area contributed by atoms with Crippen molar-refractivity contribution in [2.24, 2.45) is 0 Å². The quantitative estimate of drug-likeness (QED) is 0.122. The number of hydrogen-bond acceptors (Lipinski definition) is 6. The molecule has 4 aromatic carbocycles. The van der Waals surface area contributed by atoms with Crippen molar-refractivity contribution >= 4 is 29.3 Å². The summed E-state index contributed by atoms with van der Waals surface area (Å²) in [6.07, 6.45) is 1.88. The average Bonchev–Trinajstić information content (AvgIpc) is 3.14. The molecule has 1 aliphatic heterocycles. The lowest BCUT2D eigenvalue weighted by molar-refractivity contribution is -0.121. The summed E-state index contributed by atoms with van der Waals surface area (Å²) in [4.78, 5) is 39.6. The van der Waals surface area contributed by atoms with Crippen LogP contribution >= 0.6 is 0 Å². The maximum absolute atomic E-state index is 14.1. The van der Waals surface area contributed by atoms with Gasteiger partial charge < -0.3 is 30.5 Å². The van der Waals surface area contributed by atoms with Crippen LogP contribution in [0.2, 0.25) is 0 Å². The summed E-state index contributed by atoms with van der Waals surface area (Å²) >= 11 is 0. The summed E-state index contributed by atoms with van der Waals surface area (Å²) in [7, 11) is 2.94. The van der Waals surface area contributed by atoms with Gasteiger partial charge in [0.05, 0.1) is 12.7 Å². The number of hydrogen-bond donors (Lipinski definition) is 4. The molecule has 5 rings (SSSR count). The van der Waals surface area contributed by atoms with E-state index in [9.17, 15) is 19.5 Å². The van der Waals surface area contributed by atoms with Gasteiger partial charge >= 0.3 is 6.09 Å². The van der Waals surface area contributed by atoms with E-state index in [0.717, 1.165) is 52.1 Å². The van der Waals surface area contributed by atoms with Crippen LogP contribution in [0.25, 0.3) is 0 Å². The van der Waals surface area contributed by atoms with Crippen molar-refractivity contribution in [1.82, 2.24) is 10.2 Å². The number of ether oxygens (including phenoxy) is 2. The molecule has 0 saturated carbocycles. The third-order valence-corrected chi connectivity index (χ3v) is 9.13. The van der Waals surface area contributed by atoms with Gasteiger partial charge in [-0.25, -0.2) is 4.79 Å². The van der Waals surface area contributed by atoms with Crippen LogP contribution in [-0.4, -0.2) is 80.0 Å². The molecule has 0 bridgehead atoms. The van der Waals surface area contributed by atoms with Crippen molar-refractivity contribution in [3.05, 3.63) is 131 Å². The van der Waals surface area contributed by atoms with Crippen molar-refractivity contribution in [1.29, 1.82) is 0 Å². The number of aryl methyl sites for hydroxylation is 2. The van der Waals surface area contributed by atoms with Gasteiger partial charge in [-0.3, -0.25) is 14.5 Å². The van der Waals surface area contributed by atoms with Gasteiger partial charge in [-0.05, 0) is 60.1 Å². The lowest BCUT2D eigenvalue weighted by atomic mass is 9.84. The molecule has 0 unspecified atom stereocenters. The summed E-state index contributed by atoms with van der Waals surface area (Å²) in [6, 6.07) is 33.7. The van der Waals surface area contributed by atoms with Crippen molar-refractivity contribution in [3.63, 3.8) is 0 Å². The van der Waals surface area contributed by atoms with Crippen LogP contribution in [0, 0.1) is 0 Å². The van der Waals surface area contributed by atoms with Gasteiger partial charge in [-0.15, -0.1) is 0 Å². The Labute approximate surface area is 293 Å². The van der Waals surface area contributed by atoms with E-state index in [1.54, 1.807) is 0 Å². The number of carbonyl (C=O) groups is 3. The number of amides is 3. The first-order valence-electron chi connectivity index (χ1n) is 17.0. The van der Waals surface area contributed by atoms with Gasteiger partial charge in [-0.1, -0.05) is 97.1 Å². The van der Waals surface area contributed by atoms with E-state index < -0.39 is 24.0 Å². The molecule has 50 heavy (non-hydrogen) atoms. The second-order valence-corrected chi connectivity index (χ2v) is 12.6. The maximum atomic E-state index is 14.1. The molecule has 1 saturated heterocycles. The fraction of sp³-hybridized carbons (Fsp3) is 0.325. The lowest BCUT2D eigenvalue weighted by Gasteiger charge is -2.33. The van der Waals surface area contributed by atoms with Crippen LogP contribution in [0.5, 0.6) is 0 Å². The summed E-state index contributed by atoms with van der Waals surface area (Å²) in [6.45, 7) is 1.29. The highest BCUT2D eigenvalue weighted by molar-refractivity contribution is 5.98. The number of nitrogens with one attached hydrogen (secondary N) is 3. The number of methoxy groups -OCH3 is 1. The molecule has 10 nitrogen and oxygen atoms in total. The molecule has 3 amide bonds. The highest BCUT2D eigenvalue weighted by Crippen LogP contribution is 2.32. The number of carboxylic acid groups (broad SMARTS) is 1. The van der Waals surface area contributed by atoms with Crippen molar-refractivity contribution in [2.75, 3.05) is 44.5 Å². The number of carbonyl (C=O) groups excluding carboxylic acids is 2. The molecule has 3 atom stereocenters. The van der Waals surface area contributed by atoms with Crippen molar-refractivity contribution in [3.8, 4) is 0 Å². The van der Waals surface area contributed by atoms with Crippen LogP contribution in [-0.2, 0) is 31.9 Å². The van der Waals surface area contributed by atoms with E-state index in [2.05, 4.69) is 16.0 Å². The van der Waals surface area contributed by atoms with Gasteiger partial charge in [0.1, 0.15) is 12.6 Å². The van der Waals surface area contributed by atoms with Crippen LogP contribution in [0.15, 0.2) is 109 Å². The van der Waals surface area contributed by atoms with E-state index >= 15 is 0 Å². The first-order chi connectivity index (χ1) is 24.3. The number of benzene rings is 4. The predicted octanol–water partition coefficient (Wildman–Crippen LogP) is 5.94. The molecule has 0 aliphatic carbocycles. The fourth-order valence-electron chi connectivity index (χ4n) is 6.48. The molecule has 1 aliphatic rings. The Morgan fingerprint density at radius 2 is 1.36 bits per heavy atom. The molecule has 10 heteroatoms. The minimum atomic E-state index is -1.19. The van der Waals surface area contributed by atoms with Crippen LogP contribution in [0.3, 0.4) is 0 Å². The summed E-state index contributed by atoms with van der Waals surface area (Å²) in [5.74, 6) is -1.11. The number of nitrogens with zero attached hydrogens (tertiary/aromatic N) is 1. The zero-order valence-corrected chi connectivity index (χ0v) is 28.6. The number of rotatable bonds is 15. The van der Waals surface area contributed by atoms with E-state index in [1.807, 2.05) is 109 Å². The molecule has 0 aromatic heterocycles. The van der Waals surface area contributed by atoms with E-state index in [4.69, 9.17) is 9.47 Å². The maximum Gasteiger partial charge on any atom is 0.407 e. The van der Waals surface area contributed by atoms with Gasteiger partial charge in [0, 0.05) is 44.0 Å². The van der Waals surface area contributed by atoms with Gasteiger partial charge in [-0.2, -0.15) is 0 Å². The molecule has 0 radical (unpaired) electrons. The van der Waals surface area contributed by atoms with Crippen LogP contribution < -0.4 is 16.0 Å². The van der Waals surface area contributed by atoms with Crippen molar-refractivity contribution < 1.29 is 29.0 Å². The smallest absolute Gasteiger partial charge is 0.407 e. The summed E-state index contributed by atoms with van der Waals surface area (Å²) < 4.78 is 11.2. The second-order valence-electron chi connectivity index (χ2n) is 12.6. The SMILES string of the molecule is COCC(=O)Nc1ccccc1CC[C@@H]1CO[C@H](CCc2ccccc2NC(=O)[C@H](C(c2ccccc2)c2ccccc2)N(C)C(=O)O)CN1. The van der Waals surface area contributed by atoms with Gasteiger partial charge in [0.2, 0.25) is 11.8 Å². The standard InChI is InChI=1S/C40H46N4O6/c1-44(40(47)48)38(37(30-15-5-3-6-16-30)31-17-7-4-8-18-31)39(46)43-35-20-12-10-14-29(35)22-24-33-25-41-32(26-50-33)23-21-28-13-9-11-19-34(28)42-36(45)27-49-2/h3-20,32-33,37-38,41H,21-27H2,1-2H3,(H,42,45)(H,43,46)(H,47,48)/t32-,33-,38+/m1/s1. The lowest BCUT2D eigenvalue weighted by Crippen LogP contribution is -2.48. The van der Waals surface area contributed by atoms with Gasteiger partial charge in [0.25, 0.3) is 0 Å². The largest absolute Gasteiger partial charge is 0.465 e. The van der Waals surface area contributed by atoms with Crippen LogP contribution in [0.1, 0.15) is 41.0 Å². The summed E-state index contributed by atoms with van der Waals surface area (Å²) in [5, 5.41) is 19.7. The number of para-hydroxylation sites is 2. The Morgan fingerprint density at radius 1 is 0.820 bits per heavy atom. The first kappa shape index (κ1) is 36.3. The Bertz CT molecular complexity index is 1660. The summed E-state index contributed by atoms with van der Waals surface area (Å²) in [5.41, 5.74) is 5.16. The third-order valence-electron chi connectivity index (χ3n) is 9.13. The van der Waals surface area contributed by atoms with Gasteiger partial charge in [0.15, 0.2) is 0 Å². The predicted molar refractivity (Wildman–Crippen MR) is 194 cm³/mol. The topological polar surface area (TPSA) is 129 Å². The minimum absolute atomic E-state index is 0.00191. The van der Waals surface area contributed by atoms with Crippen molar-refractivity contribution in [2.45, 2.75) is 49.8 Å². The number of morpholine rings is 1. The molecule has 4 N–H and O–H groups in total. The Balaban J connectivity index is 1.20. The molecule has 1 fully saturated rings. The molecular formula is C40H46N4O6. The zero-order valence-electron chi connectivity index (χ0n) is 28.6. The highest BCUT2D eigenvalue weighted by atomic mass is 16.5. The molecule has 262 valence electrons. The molecule has 4 aromatic rings. The number of likely N-dealkylation sites (N-methyl/N-ethyl adjacent to an activating group) is 1. The van der Waals surface area contributed by atoms with E-state index in [-0.39, 0.29) is 24.7 Å². The average molecular weight is 679 g/mol. The Kier molecular flexibility index (Phi) is 13.1. The Morgan fingerprint density at radius 3 is 1.90 bits per heavy atom. The fourth-order valence-corrected chi connectivity index (χ4v) is 6.48. The van der Waals surface area contributed by atoms with Crippen LogP contribution in [0.4, 0.5) is 16.2 Å². The molecule has 1 heterocycles. The Hall–Kier alpha value is -5.03. The number of anilines is 2. The molecule has 0 spiro atoms. The third kappa shape index (κ3) is 9.78. The van der Waals surface area contributed by atoms with E-state index in [0.29, 0.717) is 25.3 Å². The zero-order chi connectivity index (χ0) is 35.3. The first-order valence-corrected chi connectivity index (χ1v) is 17.0. The second kappa shape index (κ2) is 18.1. The monoisotopic (exact) mass is 678 g/mol. The molecular weight excluding hydrogens is 632 g/mol. The minimum Gasteiger partial charge on any atom is -0.465 e. The normalized spacial score (nSPS) is 16.4. The van der Waals surface area contributed by atoms with E-state index in [1.165, 1.54) is 14.2 Å².